The van der Waals surface area contributed by atoms with Gasteiger partial charge in [-0.1, -0.05) is 0 Å². The van der Waals surface area contributed by atoms with Crippen LogP contribution < -0.4 is 16.4 Å². The Morgan fingerprint density at radius 2 is 2.26 bits per heavy atom. The Kier molecular flexibility index (Phi) is 2.74. The summed E-state index contributed by atoms with van der Waals surface area (Å²) in [6, 6.07) is 3.49. The first-order chi connectivity index (χ1) is 9.02. The van der Waals surface area contributed by atoms with E-state index in [4.69, 9.17) is 10.2 Å². The van der Waals surface area contributed by atoms with Gasteiger partial charge in [-0.25, -0.2) is 4.79 Å². The second-order valence-corrected chi connectivity index (χ2v) is 5.29. The topological polar surface area (TPSA) is 95.5 Å². The normalized spacial score (nSPS) is 22.4. The smallest absolute Gasteiger partial charge is 0.408 e. The minimum absolute atomic E-state index is 0.150. The second-order valence-electron chi connectivity index (χ2n) is 5.29. The predicted molar refractivity (Wildman–Crippen MR) is 73.2 cm³/mol. The van der Waals surface area contributed by atoms with E-state index in [2.05, 4.69) is 9.88 Å². The van der Waals surface area contributed by atoms with E-state index in [1.165, 1.54) is 0 Å². The zero-order valence-electron chi connectivity index (χ0n) is 10.7. The summed E-state index contributed by atoms with van der Waals surface area (Å²) in [7, 11) is 1.96. The number of aromatic amines is 1. The molecule has 19 heavy (non-hydrogen) atoms. The van der Waals surface area contributed by atoms with Gasteiger partial charge in [0.25, 0.3) is 0 Å². The summed E-state index contributed by atoms with van der Waals surface area (Å²) in [5.41, 5.74) is 8.56. The van der Waals surface area contributed by atoms with Crippen molar-refractivity contribution in [2.75, 3.05) is 24.2 Å². The third-order valence-electron chi connectivity index (χ3n) is 3.72. The Labute approximate surface area is 109 Å². The van der Waals surface area contributed by atoms with Gasteiger partial charge in [0.2, 0.25) is 0 Å². The Balaban J connectivity index is 1.86. The average Bonchev–Trinajstić information content (AvgIpc) is 2.65. The summed E-state index contributed by atoms with van der Waals surface area (Å²) in [4.78, 5) is 15.8. The van der Waals surface area contributed by atoms with Crippen LogP contribution in [-0.2, 0) is 0 Å². The molecule has 1 aromatic heterocycles. The highest BCUT2D eigenvalue weighted by molar-refractivity contribution is 5.85. The number of hydrogen-bond acceptors (Lipinski definition) is 5. The van der Waals surface area contributed by atoms with Gasteiger partial charge in [-0.05, 0) is 24.8 Å². The van der Waals surface area contributed by atoms with Gasteiger partial charge in [-0.3, -0.25) is 4.98 Å². The number of aliphatic hydroxyl groups is 1. The van der Waals surface area contributed by atoms with Gasteiger partial charge in [-0.15, -0.1) is 0 Å². The van der Waals surface area contributed by atoms with Crippen LogP contribution in [0, 0.1) is 5.92 Å². The number of rotatable bonds is 3. The van der Waals surface area contributed by atoms with Gasteiger partial charge in [0.15, 0.2) is 5.58 Å². The zero-order valence-corrected chi connectivity index (χ0v) is 10.7. The number of nitrogens with two attached hydrogens (primary N) is 1. The highest BCUT2D eigenvalue weighted by Gasteiger charge is 2.28. The number of H-pyrrole nitrogens is 1. The van der Waals surface area contributed by atoms with E-state index in [9.17, 15) is 9.90 Å². The molecular formula is C13H17N3O3. The maximum absolute atomic E-state index is 11.1. The molecule has 6 heteroatoms. The third kappa shape index (κ3) is 2.19. The third-order valence-corrected chi connectivity index (χ3v) is 3.72. The molecule has 1 heterocycles. The fourth-order valence-corrected chi connectivity index (χ4v) is 2.67. The molecule has 0 amide bonds. The van der Waals surface area contributed by atoms with E-state index in [-0.39, 0.29) is 6.10 Å². The largest absolute Gasteiger partial charge is 0.417 e. The Hall–Kier alpha value is -1.95. The first kappa shape index (κ1) is 12.1. The van der Waals surface area contributed by atoms with Crippen LogP contribution in [-0.4, -0.2) is 29.8 Å². The summed E-state index contributed by atoms with van der Waals surface area (Å²) in [6.07, 6.45) is 1.54. The average molecular weight is 263 g/mol. The number of aromatic nitrogens is 1. The molecule has 3 rings (SSSR count). The number of nitrogen functional groups attached to an aromatic ring is 1. The van der Waals surface area contributed by atoms with Crippen LogP contribution in [0.5, 0.6) is 0 Å². The number of benzene rings is 1. The van der Waals surface area contributed by atoms with E-state index < -0.39 is 5.76 Å². The van der Waals surface area contributed by atoms with Gasteiger partial charge in [-0.2, -0.15) is 0 Å². The van der Waals surface area contributed by atoms with E-state index in [0.29, 0.717) is 22.7 Å². The highest BCUT2D eigenvalue weighted by atomic mass is 16.4. The fraction of sp³-hybridized carbons (Fsp3) is 0.462. The molecule has 1 fully saturated rings. The van der Waals surface area contributed by atoms with Gasteiger partial charge < -0.3 is 20.2 Å². The SMILES string of the molecule is CN(CC1CC(O)C1)c1cc2[nH]c(=O)oc2cc1N. The molecule has 0 atom stereocenters. The Morgan fingerprint density at radius 3 is 2.95 bits per heavy atom. The van der Waals surface area contributed by atoms with Crippen molar-refractivity contribution in [2.24, 2.45) is 5.92 Å². The maximum Gasteiger partial charge on any atom is 0.417 e. The van der Waals surface area contributed by atoms with E-state index in [1.807, 2.05) is 13.1 Å². The van der Waals surface area contributed by atoms with Crippen molar-refractivity contribution < 1.29 is 9.52 Å². The van der Waals surface area contributed by atoms with Crippen molar-refractivity contribution in [1.82, 2.24) is 4.98 Å². The molecule has 1 aromatic carbocycles. The van der Waals surface area contributed by atoms with E-state index in [0.717, 1.165) is 25.1 Å². The number of nitrogens with zero attached hydrogens (tertiary/aromatic N) is 1. The van der Waals surface area contributed by atoms with Crippen LogP contribution in [0.25, 0.3) is 11.1 Å². The lowest BCUT2D eigenvalue weighted by atomic mass is 9.82. The molecule has 2 aromatic rings. The minimum Gasteiger partial charge on any atom is -0.408 e. The van der Waals surface area contributed by atoms with Crippen LogP contribution >= 0.6 is 0 Å². The van der Waals surface area contributed by atoms with Crippen LogP contribution in [0.4, 0.5) is 11.4 Å². The van der Waals surface area contributed by atoms with Gasteiger partial charge >= 0.3 is 5.76 Å². The molecule has 0 aliphatic heterocycles. The number of hydrogen-bond donors (Lipinski definition) is 3. The fourth-order valence-electron chi connectivity index (χ4n) is 2.67. The molecule has 0 spiro atoms. The van der Waals surface area contributed by atoms with Crippen molar-refractivity contribution in [2.45, 2.75) is 18.9 Å². The quantitative estimate of drug-likeness (QED) is 0.715. The molecule has 0 radical (unpaired) electrons. The molecule has 0 saturated heterocycles. The molecule has 4 N–H and O–H groups in total. The molecule has 1 aliphatic carbocycles. The lowest BCUT2D eigenvalue weighted by Gasteiger charge is -2.35. The standard InChI is InChI=1S/C13H17N3O3/c1-16(6-7-2-8(17)3-7)11-5-10-12(4-9(11)14)19-13(18)15-10/h4-5,7-8,17H,2-3,6,14H2,1H3,(H,15,18). The number of anilines is 2. The molecule has 6 nitrogen and oxygen atoms in total. The van der Waals surface area contributed by atoms with Crippen molar-refractivity contribution in [3.8, 4) is 0 Å². The van der Waals surface area contributed by atoms with Crippen LogP contribution in [0.15, 0.2) is 21.3 Å². The van der Waals surface area contributed by atoms with E-state index in [1.54, 1.807) is 6.07 Å². The van der Waals surface area contributed by atoms with Crippen LogP contribution in [0.1, 0.15) is 12.8 Å². The van der Waals surface area contributed by atoms with Crippen molar-refractivity contribution in [3.05, 3.63) is 22.7 Å². The monoisotopic (exact) mass is 263 g/mol. The molecule has 102 valence electrons. The number of fused-ring (bicyclic) bond motifs is 1. The zero-order chi connectivity index (χ0) is 13.6. The Bertz CT molecular complexity index is 655. The van der Waals surface area contributed by atoms with Crippen molar-refractivity contribution in [3.63, 3.8) is 0 Å². The minimum atomic E-state index is -0.476. The van der Waals surface area contributed by atoms with Gasteiger partial charge in [0, 0.05) is 19.7 Å². The number of oxazole rings is 1. The molecular weight excluding hydrogens is 246 g/mol. The lowest BCUT2D eigenvalue weighted by molar-refractivity contribution is 0.0465. The Morgan fingerprint density at radius 1 is 1.53 bits per heavy atom. The van der Waals surface area contributed by atoms with Gasteiger partial charge in [0.1, 0.15) is 0 Å². The van der Waals surface area contributed by atoms with Crippen molar-refractivity contribution in [1.29, 1.82) is 0 Å². The first-order valence-corrected chi connectivity index (χ1v) is 6.34. The summed E-state index contributed by atoms with van der Waals surface area (Å²) >= 11 is 0. The maximum atomic E-state index is 11.1. The lowest BCUT2D eigenvalue weighted by Crippen LogP contribution is -2.37. The van der Waals surface area contributed by atoms with Gasteiger partial charge in [0.05, 0.1) is 23.0 Å². The molecule has 0 unspecified atom stereocenters. The summed E-state index contributed by atoms with van der Waals surface area (Å²) < 4.78 is 4.97. The predicted octanol–water partition coefficient (Wildman–Crippen LogP) is 0.910. The first-order valence-electron chi connectivity index (χ1n) is 6.34. The van der Waals surface area contributed by atoms with E-state index >= 15 is 0 Å². The van der Waals surface area contributed by atoms with Crippen molar-refractivity contribution >= 4 is 22.5 Å². The summed E-state index contributed by atoms with van der Waals surface area (Å²) in [6.45, 7) is 0.842. The number of aliphatic hydroxyl groups excluding tert-OH is 1. The molecule has 0 bridgehead atoms. The van der Waals surface area contributed by atoms with Crippen LogP contribution in [0.2, 0.25) is 0 Å². The summed E-state index contributed by atoms with van der Waals surface area (Å²) in [5, 5.41) is 9.31. The molecule has 1 aliphatic rings. The van der Waals surface area contributed by atoms with Crippen LogP contribution in [0.3, 0.4) is 0 Å². The number of nitrogens with one attached hydrogen (secondary N) is 1. The second kappa shape index (κ2) is 4.31. The molecule has 1 saturated carbocycles. The summed E-state index contributed by atoms with van der Waals surface area (Å²) in [5.74, 6) is 0.0230. The highest BCUT2D eigenvalue weighted by Crippen LogP contribution is 2.32.